The van der Waals surface area contributed by atoms with Crippen molar-refractivity contribution >= 4 is 11.8 Å². The van der Waals surface area contributed by atoms with Crippen molar-refractivity contribution in [2.75, 3.05) is 33.2 Å². The summed E-state index contributed by atoms with van der Waals surface area (Å²) in [6.07, 6.45) is 0.916. The van der Waals surface area contributed by atoms with Gasteiger partial charge in [-0.25, -0.2) is 0 Å². The maximum absolute atomic E-state index is 13.0. The number of piperazine rings is 1. The Labute approximate surface area is 159 Å². The summed E-state index contributed by atoms with van der Waals surface area (Å²) < 4.78 is 5.13. The lowest BCUT2D eigenvalue weighted by Gasteiger charge is -2.40. The van der Waals surface area contributed by atoms with E-state index in [0.29, 0.717) is 30.1 Å². The van der Waals surface area contributed by atoms with Gasteiger partial charge in [-0.05, 0) is 25.8 Å². The summed E-state index contributed by atoms with van der Waals surface area (Å²) in [6.45, 7) is 6.06. The van der Waals surface area contributed by atoms with Gasteiger partial charge in [0.05, 0.1) is 5.69 Å². The van der Waals surface area contributed by atoms with Gasteiger partial charge in [0.1, 0.15) is 17.4 Å². The molecule has 7 heteroatoms. The third-order valence-corrected chi connectivity index (χ3v) is 5.08. The summed E-state index contributed by atoms with van der Waals surface area (Å²) >= 11 is 0. The average molecular weight is 370 g/mol. The number of carbonyl (C=O) groups is 2. The Morgan fingerprint density at radius 1 is 1.22 bits per heavy atom. The van der Waals surface area contributed by atoms with E-state index in [1.165, 1.54) is 5.56 Å². The molecule has 0 aliphatic carbocycles. The van der Waals surface area contributed by atoms with Crippen molar-refractivity contribution in [3.8, 4) is 0 Å². The Balaban J connectivity index is 1.71. The Kier molecular flexibility index (Phi) is 5.91. The van der Waals surface area contributed by atoms with Crippen molar-refractivity contribution in [2.24, 2.45) is 0 Å². The first-order chi connectivity index (χ1) is 13.0. The molecule has 144 valence electrons. The van der Waals surface area contributed by atoms with Crippen LogP contribution in [0.1, 0.15) is 27.4 Å². The number of hydrogen-bond acceptors (Lipinski definition) is 5. The number of hydrogen-bond donors (Lipinski definition) is 1. The molecule has 2 amide bonds. The number of rotatable bonds is 5. The largest absolute Gasteiger partial charge is 0.361 e. The zero-order valence-corrected chi connectivity index (χ0v) is 16.1. The van der Waals surface area contributed by atoms with Crippen LogP contribution < -0.4 is 5.32 Å². The van der Waals surface area contributed by atoms with Gasteiger partial charge >= 0.3 is 0 Å². The molecule has 0 radical (unpaired) electrons. The van der Waals surface area contributed by atoms with Gasteiger partial charge in [0.2, 0.25) is 5.91 Å². The molecule has 1 aromatic carbocycles. The van der Waals surface area contributed by atoms with Gasteiger partial charge in [-0.2, -0.15) is 0 Å². The second kappa shape index (κ2) is 8.35. The normalized spacial score (nSPS) is 17.7. The molecular formula is C20H26N4O3. The van der Waals surface area contributed by atoms with Crippen molar-refractivity contribution < 1.29 is 14.1 Å². The highest BCUT2D eigenvalue weighted by atomic mass is 16.5. The summed E-state index contributed by atoms with van der Waals surface area (Å²) in [7, 11) is 1.60. The van der Waals surface area contributed by atoms with Crippen LogP contribution in [0.4, 0.5) is 0 Å². The number of aromatic nitrogens is 1. The smallest absolute Gasteiger partial charge is 0.260 e. The molecule has 7 nitrogen and oxygen atoms in total. The molecule has 1 aliphatic heterocycles. The van der Waals surface area contributed by atoms with Crippen molar-refractivity contribution in [2.45, 2.75) is 26.3 Å². The molecule has 0 saturated carbocycles. The predicted octanol–water partition coefficient (Wildman–Crippen LogP) is 1.41. The van der Waals surface area contributed by atoms with E-state index < -0.39 is 6.04 Å². The van der Waals surface area contributed by atoms with Gasteiger partial charge in [0.15, 0.2) is 0 Å². The number of nitrogens with zero attached hydrogens (tertiary/aromatic N) is 3. The van der Waals surface area contributed by atoms with Crippen molar-refractivity contribution in [1.29, 1.82) is 0 Å². The molecule has 1 saturated heterocycles. The Morgan fingerprint density at radius 2 is 1.96 bits per heavy atom. The van der Waals surface area contributed by atoms with E-state index in [4.69, 9.17) is 4.52 Å². The molecule has 1 aliphatic rings. The summed E-state index contributed by atoms with van der Waals surface area (Å²) in [5.41, 5.74) is 2.28. The quantitative estimate of drug-likeness (QED) is 0.861. The molecule has 2 aromatic rings. The van der Waals surface area contributed by atoms with Gasteiger partial charge in [-0.15, -0.1) is 0 Å². The number of amides is 2. The van der Waals surface area contributed by atoms with Crippen molar-refractivity contribution in [3.63, 3.8) is 0 Å². The minimum Gasteiger partial charge on any atom is -0.361 e. The number of likely N-dealkylation sites (N-methyl/N-ethyl adjacent to an activating group) is 1. The SMILES string of the molecule is CNC(=O)C1CN(CCc2ccccc2)CCN1C(=O)c1c(C)noc1C. The Hall–Kier alpha value is -2.67. The molecule has 1 aromatic heterocycles. The van der Waals surface area contributed by atoms with E-state index in [1.54, 1.807) is 25.8 Å². The first-order valence-electron chi connectivity index (χ1n) is 9.23. The zero-order chi connectivity index (χ0) is 19.4. The fourth-order valence-corrected chi connectivity index (χ4v) is 3.54. The molecule has 1 fully saturated rings. The lowest BCUT2D eigenvalue weighted by atomic mass is 10.1. The molecule has 0 spiro atoms. The van der Waals surface area contributed by atoms with Crippen LogP contribution in [0.5, 0.6) is 0 Å². The maximum Gasteiger partial charge on any atom is 0.260 e. The Morgan fingerprint density at radius 3 is 2.59 bits per heavy atom. The average Bonchev–Trinajstić information content (AvgIpc) is 3.04. The van der Waals surface area contributed by atoms with Gasteiger partial charge in [-0.3, -0.25) is 14.5 Å². The summed E-state index contributed by atoms with van der Waals surface area (Å²) in [5, 5.41) is 6.56. The fraction of sp³-hybridized carbons (Fsp3) is 0.450. The van der Waals surface area contributed by atoms with Crippen LogP contribution in [0.3, 0.4) is 0 Å². The lowest BCUT2D eigenvalue weighted by molar-refractivity contribution is -0.127. The third kappa shape index (κ3) is 4.19. The van der Waals surface area contributed by atoms with Gasteiger partial charge in [-0.1, -0.05) is 35.5 Å². The fourth-order valence-electron chi connectivity index (χ4n) is 3.54. The molecule has 2 heterocycles. The first kappa shape index (κ1) is 19.1. The predicted molar refractivity (Wildman–Crippen MR) is 101 cm³/mol. The monoisotopic (exact) mass is 370 g/mol. The van der Waals surface area contributed by atoms with Crippen LogP contribution in [0, 0.1) is 13.8 Å². The van der Waals surface area contributed by atoms with E-state index in [-0.39, 0.29) is 11.8 Å². The van der Waals surface area contributed by atoms with E-state index in [9.17, 15) is 9.59 Å². The van der Waals surface area contributed by atoms with Crippen LogP contribution in [0.2, 0.25) is 0 Å². The van der Waals surface area contributed by atoms with Crippen LogP contribution in [-0.4, -0.2) is 66.0 Å². The summed E-state index contributed by atoms with van der Waals surface area (Å²) in [4.78, 5) is 29.4. The first-order valence-corrected chi connectivity index (χ1v) is 9.23. The third-order valence-electron chi connectivity index (χ3n) is 5.08. The standard InChI is InChI=1S/C20H26N4O3/c1-14-18(15(2)27-22-14)20(26)24-12-11-23(13-17(24)19(25)21-3)10-9-16-7-5-4-6-8-16/h4-8,17H,9-13H2,1-3H3,(H,21,25). The van der Waals surface area contributed by atoms with E-state index in [2.05, 4.69) is 27.5 Å². The number of carbonyl (C=O) groups excluding carboxylic acids is 2. The molecule has 1 unspecified atom stereocenters. The molecule has 27 heavy (non-hydrogen) atoms. The highest BCUT2D eigenvalue weighted by molar-refractivity contribution is 5.99. The number of nitrogens with one attached hydrogen (secondary N) is 1. The second-order valence-corrected chi connectivity index (χ2v) is 6.86. The van der Waals surface area contributed by atoms with Gasteiger partial charge in [0.25, 0.3) is 5.91 Å². The van der Waals surface area contributed by atoms with E-state index in [0.717, 1.165) is 19.5 Å². The van der Waals surface area contributed by atoms with Crippen molar-refractivity contribution in [3.05, 3.63) is 52.9 Å². The van der Waals surface area contributed by atoms with Crippen LogP contribution in [-0.2, 0) is 11.2 Å². The molecule has 0 bridgehead atoms. The Bertz CT molecular complexity index is 783. The maximum atomic E-state index is 13.0. The molecular weight excluding hydrogens is 344 g/mol. The zero-order valence-electron chi connectivity index (χ0n) is 16.1. The van der Waals surface area contributed by atoms with E-state index in [1.807, 2.05) is 18.2 Å². The van der Waals surface area contributed by atoms with E-state index >= 15 is 0 Å². The molecule has 1 atom stereocenters. The molecule has 3 rings (SSSR count). The van der Waals surface area contributed by atoms with Gasteiger partial charge in [0, 0.05) is 33.2 Å². The van der Waals surface area contributed by atoms with Crippen LogP contribution in [0.25, 0.3) is 0 Å². The number of benzene rings is 1. The summed E-state index contributed by atoms with van der Waals surface area (Å²) in [6, 6.07) is 9.75. The highest BCUT2D eigenvalue weighted by Gasteiger charge is 2.37. The van der Waals surface area contributed by atoms with Gasteiger partial charge < -0.3 is 14.7 Å². The highest BCUT2D eigenvalue weighted by Crippen LogP contribution is 2.20. The van der Waals surface area contributed by atoms with Crippen LogP contribution in [0.15, 0.2) is 34.9 Å². The minimum absolute atomic E-state index is 0.153. The summed E-state index contributed by atoms with van der Waals surface area (Å²) in [5.74, 6) is 0.141. The lowest BCUT2D eigenvalue weighted by Crippen LogP contribution is -2.60. The second-order valence-electron chi connectivity index (χ2n) is 6.86. The minimum atomic E-state index is -0.527. The number of aryl methyl sites for hydroxylation is 2. The molecule has 1 N–H and O–H groups in total. The van der Waals surface area contributed by atoms with Crippen molar-refractivity contribution in [1.82, 2.24) is 20.3 Å². The van der Waals surface area contributed by atoms with Crippen LogP contribution >= 0.6 is 0 Å². The topological polar surface area (TPSA) is 78.7 Å².